The van der Waals surface area contributed by atoms with Crippen LogP contribution in [0, 0.1) is 15.5 Å². The maximum absolute atomic E-state index is 14.5. The van der Waals surface area contributed by atoms with Crippen LogP contribution in [0.3, 0.4) is 0 Å². The Hall–Kier alpha value is -2.26. The van der Waals surface area contributed by atoms with Crippen molar-refractivity contribution in [2.45, 2.75) is 18.9 Å². The van der Waals surface area contributed by atoms with E-state index in [0.29, 0.717) is 13.6 Å². The fourth-order valence-corrected chi connectivity index (χ4v) is 10.1. The Morgan fingerprint density at radius 2 is 1.85 bits per heavy atom. The van der Waals surface area contributed by atoms with Gasteiger partial charge in [0.15, 0.2) is 4.90 Å². The summed E-state index contributed by atoms with van der Waals surface area (Å²) in [5.41, 5.74) is -0.672. The third-order valence-electron chi connectivity index (χ3n) is 4.24. The molecule has 2 aromatic carbocycles. The van der Waals surface area contributed by atoms with Crippen molar-refractivity contribution in [1.29, 1.82) is 5.41 Å². The van der Waals surface area contributed by atoms with Gasteiger partial charge < -0.3 is 4.74 Å². The van der Waals surface area contributed by atoms with Crippen molar-refractivity contribution < 1.29 is 22.3 Å². The fraction of sp³-hybridized carbons (Fsp3) is 0.105. The van der Waals surface area contributed by atoms with E-state index in [4.69, 9.17) is 10.1 Å². The van der Waals surface area contributed by atoms with Crippen molar-refractivity contribution in [3.8, 4) is 0 Å². The number of nitro benzene ring substituents is 1. The first-order valence-corrected chi connectivity index (χ1v) is 14.7. The summed E-state index contributed by atoms with van der Waals surface area (Å²) in [4.78, 5) is 10.4. The summed E-state index contributed by atoms with van der Waals surface area (Å²) in [6.45, 7) is 0. The molecule has 1 atom stereocenters. The number of hydrogen-bond donors (Lipinski definition) is 1. The molecule has 174 valence electrons. The Bertz CT molecular complexity index is 1480. The maximum Gasteiger partial charge on any atom is 0.297 e. The first-order chi connectivity index (χ1) is 15.5. The van der Waals surface area contributed by atoms with E-state index in [1.807, 2.05) is 0 Å². The summed E-state index contributed by atoms with van der Waals surface area (Å²) >= 11 is 5.61. The minimum atomic E-state index is -4.74. The highest BCUT2D eigenvalue weighted by Crippen LogP contribution is 2.40. The lowest BCUT2D eigenvalue weighted by molar-refractivity contribution is -0.387. The lowest BCUT2D eigenvalue weighted by atomic mass is 10.3. The SMILES string of the molecule is COC(=N)c1cc(S(=O)(=NS(=O)(=O)c2ccccc2[N+](=O)[O-])c2cccc(Br)c2)c(SC)s1. The van der Waals surface area contributed by atoms with E-state index in [9.17, 15) is 22.7 Å². The minimum Gasteiger partial charge on any atom is -0.480 e. The van der Waals surface area contributed by atoms with Crippen LogP contribution in [-0.4, -0.2) is 36.8 Å². The maximum atomic E-state index is 14.5. The largest absolute Gasteiger partial charge is 0.480 e. The van der Waals surface area contributed by atoms with Crippen molar-refractivity contribution in [3.63, 3.8) is 0 Å². The van der Waals surface area contributed by atoms with Crippen LogP contribution in [0.25, 0.3) is 0 Å². The van der Waals surface area contributed by atoms with Crippen molar-refractivity contribution in [3.05, 3.63) is 74.1 Å². The van der Waals surface area contributed by atoms with E-state index in [-0.39, 0.29) is 15.7 Å². The van der Waals surface area contributed by atoms with E-state index in [1.54, 1.807) is 18.4 Å². The van der Waals surface area contributed by atoms with Crippen molar-refractivity contribution in [1.82, 2.24) is 0 Å². The molecule has 0 fully saturated rings. The van der Waals surface area contributed by atoms with Crippen molar-refractivity contribution >= 4 is 70.4 Å². The van der Waals surface area contributed by atoms with E-state index in [1.165, 1.54) is 49.2 Å². The van der Waals surface area contributed by atoms with Gasteiger partial charge in [-0.25, -0.2) is 4.21 Å². The van der Waals surface area contributed by atoms with E-state index < -0.39 is 35.3 Å². The zero-order valence-corrected chi connectivity index (χ0v) is 21.9. The van der Waals surface area contributed by atoms with Gasteiger partial charge >= 0.3 is 0 Å². The summed E-state index contributed by atoms with van der Waals surface area (Å²) < 4.78 is 50.8. The van der Waals surface area contributed by atoms with Crippen LogP contribution in [0.5, 0.6) is 0 Å². The standard InChI is InChI=1S/C19H16BrN3O6S4/c1-29-18(21)15-11-17(19(30-2)31-15)32(26,13-7-5-6-12(20)10-13)22-33(27,28)16-9-4-3-8-14(16)23(24)25/h3-11,21H,1-2H3. The highest BCUT2D eigenvalue weighted by atomic mass is 79.9. The number of nitrogens with zero attached hydrogens (tertiary/aromatic N) is 2. The predicted molar refractivity (Wildman–Crippen MR) is 131 cm³/mol. The van der Waals surface area contributed by atoms with Gasteiger partial charge in [-0.2, -0.15) is 8.42 Å². The molecule has 1 heterocycles. The van der Waals surface area contributed by atoms with Gasteiger partial charge in [-0.05, 0) is 36.6 Å². The number of ether oxygens (including phenoxy) is 1. The molecule has 0 spiro atoms. The summed E-state index contributed by atoms with van der Waals surface area (Å²) in [5.74, 6) is -0.181. The second kappa shape index (κ2) is 9.93. The average molecular weight is 591 g/mol. The molecule has 0 saturated heterocycles. The molecule has 1 unspecified atom stereocenters. The molecule has 0 amide bonds. The van der Waals surface area contributed by atoms with Gasteiger partial charge in [0, 0.05) is 10.5 Å². The Balaban J connectivity index is 2.42. The normalized spacial score (nSPS) is 13.2. The topological polar surface area (TPSA) is 140 Å². The molecular formula is C19H16BrN3O6S4. The van der Waals surface area contributed by atoms with E-state index in [2.05, 4.69) is 19.7 Å². The second-order valence-electron chi connectivity index (χ2n) is 6.26. The van der Waals surface area contributed by atoms with Crippen LogP contribution in [0.2, 0.25) is 0 Å². The average Bonchev–Trinajstić information content (AvgIpc) is 3.23. The molecule has 1 N–H and O–H groups in total. The van der Waals surface area contributed by atoms with Gasteiger partial charge in [-0.3, -0.25) is 15.5 Å². The van der Waals surface area contributed by atoms with Crippen LogP contribution in [0.1, 0.15) is 4.88 Å². The molecule has 9 nitrogen and oxygen atoms in total. The smallest absolute Gasteiger partial charge is 0.297 e. The number of nitrogens with one attached hydrogen (secondary N) is 1. The monoisotopic (exact) mass is 589 g/mol. The number of methoxy groups -OCH3 is 1. The predicted octanol–water partition coefficient (Wildman–Crippen LogP) is 5.39. The van der Waals surface area contributed by atoms with Gasteiger partial charge in [-0.15, -0.1) is 23.1 Å². The molecule has 33 heavy (non-hydrogen) atoms. The second-order valence-corrected chi connectivity index (χ2v) is 13.2. The van der Waals surface area contributed by atoms with Crippen LogP contribution >= 0.6 is 39.0 Å². The number of sulfonamides is 1. The fourth-order valence-electron chi connectivity index (χ4n) is 2.76. The first kappa shape index (κ1) is 25.4. The molecule has 3 rings (SSSR count). The van der Waals surface area contributed by atoms with Gasteiger partial charge in [0.05, 0.1) is 30.9 Å². The zero-order valence-electron chi connectivity index (χ0n) is 17.1. The Labute approximate surface area is 207 Å². The number of benzene rings is 2. The number of thiophene rings is 1. The zero-order chi connectivity index (χ0) is 24.4. The van der Waals surface area contributed by atoms with Crippen molar-refractivity contribution in [2.75, 3.05) is 13.4 Å². The summed E-state index contributed by atoms with van der Waals surface area (Å²) in [6, 6.07) is 12.3. The number of thioether (sulfide) groups is 1. The number of para-hydroxylation sites is 1. The first-order valence-electron chi connectivity index (χ1n) is 8.86. The van der Waals surface area contributed by atoms with E-state index in [0.717, 1.165) is 23.5 Å². The molecule has 0 aliphatic heterocycles. The van der Waals surface area contributed by atoms with Gasteiger partial charge in [0.1, 0.15) is 9.73 Å². The Morgan fingerprint density at radius 1 is 1.15 bits per heavy atom. The summed E-state index contributed by atoms with van der Waals surface area (Å²) in [5, 5.41) is 19.4. The van der Waals surface area contributed by atoms with Gasteiger partial charge in [0.25, 0.3) is 15.7 Å². The highest BCUT2D eigenvalue weighted by Gasteiger charge is 2.31. The molecule has 1 aromatic heterocycles. The molecule has 0 aliphatic rings. The molecule has 0 aliphatic carbocycles. The number of halogens is 1. The summed E-state index contributed by atoms with van der Waals surface area (Å²) in [6.07, 6.45) is 1.72. The number of hydrogen-bond acceptors (Lipinski definition) is 9. The van der Waals surface area contributed by atoms with Crippen LogP contribution < -0.4 is 0 Å². The van der Waals surface area contributed by atoms with Gasteiger partial charge in [-0.1, -0.05) is 37.9 Å². The Kier molecular flexibility index (Phi) is 7.63. The Morgan fingerprint density at radius 3 is 2.45 bits per heavy atom. The molecule has 3 aromatic rings. The molecule has 14 heteroatoms. The molecular weight excluding hydrogens is 574 g/mol. The number of nitro groups is 1. The van der Waals surface area contributed by atoms with E-state index >= 15 is 0 Å². The lowest BCUT2D eigenvalue weighted by Crippen LogP contribution is -2.09. The van der Waals surface area contributed by atoms with Crippen molar-refractivity contribution in [2.24, 2.45) is 3.77 Å². The van der Waals surface area contributed by atoms with Crippen LogP contribution in [0.15, 0.2) is 81.7 Å². The lowest BCUT2D eigenvalue weighted by Gasteiger charge is -2.12. The molecule has 0 saturated carbocycles. The van der Waals surface area contributed by atoms with Crippen LogP contribution in [-0.2, 0) is 24.5 Å². The number of rotatable bonds is 7. The molecule has 0 radical (unpaired) electrons. The third kappa shape index (κ3) is 5.14. The quantitative estimate of drug-likeness (QED) is 0.128. The van der Waals surface area contributed by atoms with Gasteiger partial charge in [0.2, 0.25) is 5.90 Å². The highest BCUT2D eigenvalue weighted by molar-refractivity contribution is 9.10. The third-order valence-corrected chi connectivity index (χ3v) is 11.6. The molecule has 0 bridgehead atoms. The van der Waals surface area contributed by atoms with Crippen LogP contribution in [0.4, 0.5) is 5.69 Å². The minimum absolute atomic E-state index is 0.0806. The summed E-state index contributed by atoms with van der Waals surface area (Å²) in [7, 11) is -7.29.